The van der Waals surface area contributed by atoms with Crippen LogP contribution < -0.4 is 9.80 Å². The molecule has 0 unspecified atom stereocenters. The highest BCUT2D eigenvalue weighted by atomic mass is 19.1. The predicted octanol–water partition coefficient (Wildman–Crippen LogP) is 3.48. The Labute approximate surface area is 164 Å². The van der Waals surface area contributed by atoms with Crippen LogP contribution in [-0.4, -0.2) is 49.1 Å². The molecule has 0 N–H and O–H groups in total. The van der Waals surface area contributed by atoms with Gasteiger partial charge in [-0.1, -0.05) is 0 Å². The molecule has 4 rings (SSSR count). The van der Waals surface area contributed by atoms with Crippen molar-refractivity contribution in [2.24, 2.45) is 12.0 Å². The minimum absolute atomic E-state index is 0.221. The fourth-order valence-electron chi connectivity index (χ4n) is 4.10. The number of allylic oxidation sites excluding steroid dienone is 1. The van der Waals surface area contributed by atoms with E-state index in [0.29, 0.717) is 0 Å². The number of hydrogen-bond donors (Lipinski definition) is 0. The van der Waals surface area contributed by atoms with Crippen molar-refractivity contribution in [3.63, 3.8) is 0 Å². The first-order valence-electron chi connectivity index (χ1n) is 9.63. The molecule has 2 aromatic rings. The highest BCUT2D eigenvalue weighted by Gasteiger charge is 2.26. The number of fused-ring (bicyclic) bond motifs is 1. The van der Waals surface area contributed by atoms with Crippen LogP contribution in [0, 0.1) is 0 Å². The summed E-state index contributed by atoms with van der Waals surface area (Å²) in [5.74, 6) is 1.45. The number of nitrogens with zero attached hydrogens (tertiary/aromatic N) is 5. The average Bonchev–Trinajstić information content (AvgIpc) is 2.99. The molecule has 0 radical (unpaired) electrons. The average molecular weight is 383 g/mol. The van der Waals surface area contributed by atoms with E-state index in [9.17, 15) is 4.39 Å². The maximum Gasteiger partial charge on any atom is 0.139 e. The molecule has 0 atom stereocenters. The molecule has 0 bridgehead atoms. The molecule has 1 fully saturated rings. The third-order valence-electron chi connectivity index (χ3n) is 5.53. The number of aromatic nitrogens is 2. The van der Waals surface area contributed by atoms with Crippen molar-refractivity contribution in [2.75, 3.05) is 42.6 Å². The highest BCUT2D eigenvalue weighted by Crippen LogP contribution is 2.35. The number of morpholine rings is 1. The van der Waals surface area contributed by atoms with E-state index in [4.69, 9.17) is 9.72 Å². The van der Waals surface area contributed by atoms with Gasteiger partial charge in [-0.3, -0.25) is 0 Å². The summed E-state index contributed by atoms with van der Waals surface area (Å²) in [5, 5.41) is 0. The fourth-order valence-corrected chi connectivity index (χ4v) is 4.10. The van der Waals surface area contributed by atoms with Crippen LogP contribution in [0.3, 0.4) is 0 Å². The van der Waals surface area contributed by atoms with Crippen molar-refractivity contribution < 1.29 is 9.13 Å². The van der Waals surface area contributed by atoms with Crippen molar-refractivity contribution in [1.82, 2.24) is 9.55 Å². The van der Waals surface area contributed by atoms with E-state index >= 15 is 0 Å². The summed E-state index contributed by atoms with van der Waals surface area (Å²) in [6, 6.07) is 4.21. The molecule has 7 heteroatoms. The third kappa shape index (κ3) is 3.42. The zero-order chi connectivity index (χ0) is 19.7. The zero-order valence-electron chi connectivity index (χ0n) is 16.5. The van der Waals surface area contributed by atoms with Gasteiger partial charge in [-0.25, -0.2) is 14.4 Å². The first kappa shape index (κ1) is 18.7. The molecule has 148 valence electrons. The molecular formula is C21H26FN5O. The first-order chi connectivity index (χ1) is 13.6. The molecule has 0 amide bonds. The van der Waals surface area contributed by atoms with Gasteiger partial charge >= 0.3 is 0 Å². The molecule has 0 aromatic carbocycles. The van der Waals surface area contributed by atoms with Gasteiger partial charge in [0.1, 0.15) is 11.6 Å². The molecule has 0 aliphatic carbocycles. The number of aliphatic imine (C=N–C) groups is 1. The maximum atomic E-state index is 13.6. The summed E-state index contributed by atoms with van der Waals surface area (Å²) in [6.45, 7) is 10.0. The van der Waals surface area contributed by atoms with Gasteiger partial charge in [-0.2, -0.15) is 0 Å². The zero-order valence-corrected chi connectivity index (χ0v) is 16.5. The Kier molecular flexibility index (Phi) is 5.17. The Hall–Kier alpha value is -2.67. The van der Waals surface area contributed by atoms with E-state index in [1.807, 2.05) is 17.8 Å². The van der Waals surface area contributed by atoms with Gasteiger partial charge in [0.25, 0.3) is 0 Å². The van der Waals surface area contributed by atoms with Crippen LogP contribution in [0.1, 0.15) is 23.7 Å². The number of hydrogen-bond acceptors (Lipinski definition) is 5. The molecule has 1 saturated heterocycles. The number of rotatable bonds is 4. The van der Waals surface area contributed by atoms with Gasteiger partial charge < -0.3 is 19.1 Å². The maximum absolute atomic E-state index is 13.6. The van der Waals surface area contributed by atoms with E-state index < -0.39 is 0 Å². The minimum atomic E-state index is -0.221. The summed E-state index contributed by atoms with van der Waals surface area (Å²) in [7, 11) is 1.96. The number of halogens is 1. The van der Waals surface area contributed by atoms with Crippen LogP contribution in [0.5, 0.6) is 0 Å². The van der Waals surface area contributed by atoms with Gasteiger partial charge in [-0.15, -0.1) is 0 Å². The molecule has 6 nitrogen and oxygen atoms in total. The quantitative estimate of drug-likeness (QED) is 0.759. The Bertz CT molecular complexity index is 893. The Balaban J connectivity index is 1.58. The molecule has 28 heavy (non-hydrogen) atoms. The Morgan fingerprint density at radius 2 is 2.04 bits per heavy atom. The standard InChI is InChI=1S/C21H26FN5O/c1-15(22)12-18-17-6-7-27(14-19(17)25(3)21(18)23-2)20-5-4-16(13-24-20)26-8-10-28-11-9-26/h4-5,12-13H,2,6-11,14H2,1,3H3/b15-12+. The summed E-state index contributed by atoms with van der Waals surface area (Å²) >= 11 is 0. The van der Waals surface area contributed by atoms with E-state index in [-0.39, 0.29) is 5.83 Å². The lowest BCUT2D eigenvalue weighted by molar-refractivity contribution is 0.122. The lowest BCUT2D eigenvalue weighted by Gasteiger charge is -2.31. The largest absolute Gasteiger partial charge is 0.378 e. The first-order valence-corrected chi connectivity index (χ1v) is 9.63. The molecule has 2 aliphatic heterocycles. The van der Waals surface area contributed by atoms with Gasteiger partial charge in [0.2, 0.25) is 0 Å². The van der Waals surface area contributed by atoms with Crippen molar-refractivity contribution >= 4 is 30.1 Å². The predicted molar refractivity (Wildman–Crippen MR) is 111 cm³/mol. The molecule has 0 spiro atoms. The van der Waals surface area contributed by atoms with Crippen molar-refractivity contribution in [3.05, 3.63) is 41.0 Å². The number of ether oxygens (including phenoxy) is 1. The van der Waals surface area contributed by atoms with Crippen LogP contribution in [0.25, 0.3) is 6.08 Å². The van der Waals surface area contributed by atoms with Crippen LogP contribution in [-0.2, 0) is 24.8 Å². The second-order valence-corrected chi connectivity index (χ2v) is 7.26. The SMILES string of the molecule is C=Nc1c(/C=C(\C)F)c2c(n1C)CN(c1ccc(N3CCOCC3)cn1)CC2. The summed E-state index contributed by atoms with van der Waals surface area (Å²) < 4.78 is 21.0. The number of anilines is 2. The smallest absolute Gasteiger partial charge is 0.139 e. The summed E-state index contributed by atoms with van der Waals surface area (Å²) in [4.78, 5) is 13.4. The summed E-state index contributed by atoms with van der Waals surface area (Å²) in [5.41, 5.74) is 4.28. The Morgan fingerprint density at radius 3 is 2.68 bits per heavy atom. The van der Waals surface area contributed by atoms with Crippen LogP contribution in [0.15, 0.2) is 29.1 Å². The van der Waals surface area contributed by atoms with Crippen LogP contribution >= 0.6 is 0 Å². The van der Waals surface area contributed by atoms with Gasteiger partial charge in [0.15, 0.2) is 0 Å². The van der Waals surface area contributed by atoms with Crippen molar-refractivity contribution in [1.29, 1.82) is 0 Å². The number of pyridine rings is 1. The van der Waals surface area contributed by atoms with E-state index in [2.05, 4.69) is 33.6 Å². The lowest BCUT2D eigenvalue weighted by atomic mass is 10.0. The lowest BCUT2D eigenvalue weighted by Crippen LogP contribution is -2.36. The molecule has 4 heterocycles. The monoisotopic (exact) mass is 383 g/mol. The van der Waals surface area contributed by atoms with Crippen LogP contribution in [0.2, 0.25) is 0 Å². The molecular weight excluding hydrogens is 357 g/mol. The van der Waals surface area contributed by atoms with E-state index in [1.165, 1.54) is 6.92 Å². The Morgan fingerprint density at radius 1 is 1.25 bits per heavy atom. The van der Waals surface area contributed by atoms with Crippen molar-refractivity contribution in [3.8, 4) is 0 Å². The normalized spacial score (nSPS) is 17.6. The van der Waals surface area contributed by atoms with E-state index in [1.54, 1.807) is 6.08 Å². The molecule has 2 aliphatic rings. The second-order valence-electron chi connectivity index (χ2n) is 7.26. The van der Waals surface area contributed by atoms with Crippen LogP contribution in [0.4, 0.5) is 21.7 Å². The third-order valence-corrected chi connectivity index (χ3v) is 5.53. The minimum Gasteiger partial charge on any atom is -0.378 e. The fraction of sp³-hybridized carbons (Fsp3) is 0.429. The second kappa shape index (κ2) is 7.75. The topological polar surface area (TPSA) is 45.9 Å². The van der Waals surface area contributed by atoms with Gasteiger partial charge in [0.05, 0.1) is 37.5 Å². The van der Waals surface area contributed by atoms with E-state index in [0.717, 1.165) is 80.0 Å². The van der Waals surface area contributed by atoms with Gasteiger partial charge in [-0.05, 0) is 43.8 Å². The summed E-state index contributed by atoms with van der Waals surface area (Å²) in [6.07, 6.45) is 4.33. The van der Waals surface area contributed by atoms with Gasteiger partial charge in [0, 0.05) is 37.9 Å². The van der Waals surface area contributed by atoms with Crippen molar-refractivity contribution in [2.45, 2.75) is 19.9 Å². The highest BCUT2D eigenvalue weighted by molar-refractivity contribution is 5.71. The molecule has 2 aromatic heterocycles. The molecule has 0 saturated carbocycles.